The number of nitriles is 1. The van der Waals surface area contributed by atoms with Crippen LogP contribution in [0.15, 0.2) is 18.2 Å². The summed E-state index contributed by atoms with van der Waals surface area (Å²) in [6.07, 6.45) is 3.26. The molecule has 1 atom stereocenters. The van der Waals surface area contributed by atoms with Gasteiger partial charge in [0.05, 0.1) is 12.0 Å². The molecule has 1 aromatic carbocycles. The predicted molar refractivity (Wildman–Crippen MR) is 68.9 cm³/mol. The molecular formula is C15H16N2. The predicted octanol–water partition coefficient (Wildman–Crippen LogP) is 3.43. The number of hydrogen-bond donors (Lipinski definition) is 0. The maximum Gasteiger partial charge on any atom is 0.0867 e. The van der Waals surface area contributed by atoms with Gasteiger partial charge in [0.25, 0.3) is 0 Å². The first-order chi connectivity index (χ1) is 8.22. The van der Waals surface area contributed by atoms with Crippen molar-refractivity contribution in [2.24, 2.45) is 7.05 Å². The van der Waals surface area contributed by atoms with E-state index in [-0.39, 0.29) is 5.92 Å². The molecule has 0 aliphatic heterocycles. The zero-order valence-electron chi connectivity index (χ0n) is 10.3. The second-order valence-electron chi connectivity index (χ2n) is 5.02. The van der Waals surface area contributed by atoms with E-state index in [9.17, 15) is 5.26 Å². The molecule has 1 aliphatic carbocycles. The van der Waals surface area contributed by atoms with Gasteiger partial charge in [0.1, 0.15) is 0 Å². The van der Waals surface area contributed by atoms with E-state index in [2.05, 4.69) is 42.8 Å². The SMILES string of the molecule is Cc1ccc2c(c1)c1c(n2C)C(C#N)CCC1. The number of fused-ring (bicyclic) bond motifs is 3. The minimum absolute atomic E-state index is 0.0801. The molecule has 0 N–H and O–H groups in total. The van der Waals surface area contributed by atoms with Crippen molar-refractivity contribution < 1.29 is 0 Å². The highest BCUT2D eigenvalue weighted by Crippen LogP contribution is 2.37. The number of benzene rings is 1. The number of nitrogens with zero attached hydrogens (tertiary/aromatic N) is 2. The van der Waals surface area contributed by atoms with Gasteiger partial charge in [-0.05, 0) is 43.9 Å². The third-order valence-electron chi connectivity index (χ3n) is 3.91. The fourth-order valence-corrected chi connectivity index (χ4v) is 3.11. The van der Waals surface area contributed by atoms with Crippen LogP contribution < -0.4 is 0 Å². The summed E-state index contributed by atoms with van der Waals surface area (Å²) in [5.41, 5.74) is 5.22. The van der Waals surface area contributed by atoms with Crippen LogP contribution in [0.2, 0.25) is 0 Å². The van der Waals surface area contributed by atoms with Crippen LogP contribution in [0.5, 0.6) is 0 Å². The molecule has 2 heteroatoms. The highest BCUT2D eigenvalue weighted by atomic mass is 15.0. The van der Waals surface area contributed by atoms with Gasteiger partial charge in [-0.3, -0.25) is 0 Å². The van der Waals surface area contributed by atoms with Gasteiger partial charge in [0, 0.05) is 23.6 Å². The van der Waals surface area contributed by atoms with Crippen molar-refractivity contribution in [1.82, 2.24) is 4.57 Å². The molecule has 86 valence electrons. The normalized spacial score (nSPS) is 19.0. The Morgan fingerprint density at radius 1 is 1.41 bits per heavy atom. The summed E-state index contributed by atoms with van der Waals surface area (Å²) in [5.74, 6) is 0.0801. The smallest absolute Gasteiger partial charge is 0.0867 e. The number of aryl methyl sites for hydroxylation is 3. The van der Waals surface area contributed by atoms with Crippen molar-refractivity contribution in [2.45, 2.75) is 32.1 Å². The molecule has 0 bridgehead atoms. The fraction of sp³-hybridized carbons (Fsp3) is 0.400. The third-order valence-corrected chi connectivity index (χ3v) is 3.91. The Balaban J connectivity index is 2.38. The van der Waals surface area contributed by atoms with Crippen LogP contribution in [0.4, 0.5) is 0 Å². The van der Waals surface area contributed by atoms with Crippen molar-refractivity contribution in [3.05, 3.63) is 35.0 Å². The maximum atomic E-state index is 9.28. The van der Waals surface area contributed by atoms with Gasteiger partial charge >= 0.3 is 0 Å². The summed E-state index contributed by atoms with van der Waals surface area (Å²) < 4.78 is 2.22. The van der Waals surface area contributed by atoms with E-state index in [1.165, 1.54) is 27.7 Å². The van der Waals surface area contributed by atoms with Crippen molar-refractivity contribution >= 4 is 10.9 Å². The standard InChI is InChI=1S/C15H16N2/c1-10-6-7-14-13(8-10)12-5-3-4-11(9-16)15(12)17(14)2/h6-8,11H,3-5H2,1-2H3. The molecule has 0 saturated carbocycles. The number of hydrogen-bond acceptors (Lipinski definition) is 1. The molecule has 1 aliphatic rings. The molecular weight excluding hydrogens is 208 g/mol. The quantitative estimate of drug-likeness (QED) is 0.674. The minimum atomic E-state index is 0.0801. The lowest BCUT2D eigenvalue weighted by Crippen LogP contribution is -2.10. The zero-order chi connectivity index (χ0) is 12.0. The topological polar surface area (TPSA) is 28.7 Å². The van der Waals surface area contributed by atoms with Crippen LogP contribution in [0.3, 0.4) is 0 Å². The summed E-state index contributed by atoms with van der Waals surface area (Å²) in [6, 6.07) is 9.04. The van der Waals surface area contributed by atoms with Crippen LogP contribution in [-0.2, 0) is 13.5 Å². The monoisotopic (exact) mass is 224 g/mol. The lowest BCUT2D eigenvalue weighted by molar-refractivity contribution is 0.605. The molecule has 0 amide bonds. The molecule has 0 fully saturated rings. The zero-order valence-corrected chi connectivity index (χ0v) is 10.3. The van der Waals surface area contributed by atoms with Crippen molar-refractivity contribution in [3.8, 4) is 6.07 Å². The Hall–Kier alpha value is -1.75. The lowest BCUT2D eigenvalue weighted by atomic mass is 9.87. The fourth-order valence-electron chi connectivity index (χ4n) is 3.11. The average Bonchev–Trinajstić information content (AvgIpc) is 2.63. The molecule has 1 aromatic heterocycles. The molecule has 17 heavy (non-hydrogen) atoms. The Kier molecular flexibility index (Phi) is 2.22. The largest absolute Gasteiger partial charge is 0.346 e. The first-order valence-electron chi connectivity index (χ1n) is 6.20. The van der Waals surface area contributed by atoms with Gasteiger partial charge in [-0.2, -0.15) is 5.26 Å². The highest BCUT2D eigenvalue weighted by Gasteiger charge is 2.26. The van der Waals surface area contributed by atoms with Gasteiger partial charge in [-0.15, -0.1) is 0 Å². The first kappa shape index (κ1) is 10.4. The van der Waals surface area contributed by atoms with E-state index in [1.54, 1.807) is 0 Å². The van der Waals surface area contributed by atoms with Crippen LogP contribution in [0.25, 0.3) is 10.9 Å². The van der Waals surface area contributed by atoms with Gasteiger partial charge in [0.15, 0.2) is 0 Å². The second-order valence-corrected chi connectivity index (χ2v) is 5.02. The van der Waals surface area contributed by atoms with Gasteiger partial charge in [0.2, 0.25) is 0 Å². The van der Waals surface area contributed by atoms with Gasteiger partial charge in [-0.25, -0.2) is 0 Å². The summed E-state index contributed by atoms with van der Waals surface area (Å²) in [5, 5.41) is 10.6. The summed E-state index contributed by atoms with van der Waals surface area (Å²) in [4.78, 5) is 0. The number of rotatable bonds is 0. The first-order valence-corrected chi connectivity index (χ1v) is 6.20. The Morgan fingerprint density at radius 3 is 3.00 bits per heavy atom. The molecule has 1 heterocycles. The molecule has 3 rings (SSSR count). The molecule has 0 saturated heterocycles. The minimum Gasteiger partial charge on any atom is -0.346 e. The summed E-state index contributed by atoms with van der Waals surface area (Å²) in [6.45, 7) is 2.13. The van der Waals surface area contributed by atoms with Crippen molar-refractivity contribution in [1.29, 1.82) is 5.26 Å². The van der Waals surface area contributed by atoms with Gasteiger partial charge in [-0.1, -0.05) is 11.6 Å². The highest BCUT2D eigenvalue weighted by molar-refractivity contribution is 5.86. The summed E-state index contributed by atoms with van der Waals surface area (Å²) in [7, 11) is 2.09. The Bertz CT molecular complexity index is 628. The Morgan fingerprint density at radius 2 is 2.24 bits per heavy atom. The maximum absolute atomic E-state index is 9.28. The second kappa shape index (κ2) is 3.63. The van der Waals surface area contributed by atoms with E-state index in [4.69, 9.17) is 0 Å². The molecule has 0 spiro atoms. The van der Waals surface area contributed by atoms with Crippen LogP contribution in [0.1, 0.15) is 35.6 Å². The van der Waals surface area contributed by atoms with E-state index >= 15 is 0 Å². The van der Waals surface area contributed by atoms with E-state index < -0.39 is 0 Å². The van der Waals surface area contributed by atoms with E-state index in [0.717, 1.165) is 19.3 Å². The molecule has 2 nitrogen and oxygen atoms in total. The van der Waals surface area contributed by atoms with Crippen LogP contribution in [0, 0.1) is 18.3 Å². The number of aromatic nitrogens is 1. The molecule has 2 aromatic rings. The molecule has 0 radical (unpaired) electrons. The van der Waals surface area contributed by atoms with Crippen LogP contribution >= 0.6 is 0 Å². The van der Waals surface area contributed by atoms with Gasteiger partial charge < -0.3 is 4.57 Å². The van der Waals surface area contributed by atoms with Crippen LogP contribution in [-0.4, -0.2) is 4.57 Å². The van der Waals surface area contributed by atoms with E-state index in [1.807, 2.05) is 0 Å². The van der Waals surface area contributed by atoms with Crippen molar-refractivity contribution in [2.75, 3.05) is 0 Å². The molecule has 1 unspecified atom stereocenters. The summed E-state index contributed by atoms with van der Waals surface area (Å²) >= 11 is 0. The van der Waals surface area contributed by atoms with Crippen molar-refractivity contribution in [3.63, 3.8) is 0 Å². The average molecular weight is 224 g/mol. The third kappa shape index (κ3) is 1.39. The lowest BCUT2D eigenvalue weighted by Gasteiger charge is -2.18. The Labute approximate surface area is 101 Å². The van der Waals surface area contributed by atoms with E-state index in [0.29, 0.717) is 0 Å².